The van der Waals surface area contributed by atoms with Crippen molar-refractivity contribution in [3.63, 3.8) is 0 Å². The van der Waals surface area contributed by atoms with Crippen LogP contribution in [0.3, 0.4) is 0 Å². The molecule has 1 unspecified atom stereocenters. The monoisotopic (exact) mass is 425 g/mol. The third kappa shape index (κ3) is 7.49. The van der Waals surface area contributed by atoms with Gasteiger partial charge < -0.3 is 9.47 Å². The van der Waals surface area contributed by atoms with Crippen molar-refractivity contribution in [3.05, 3.63) is 71.8 Å². The van der Waals surface area contributed by atoms with E-state index in [1.807, 2.05) is 81.4 Å². The van der Waals surface area contributed by atoms with E-state index in [4.69, 9.17) is 14.3 Å². The van der Waals surface area contributed by atoms with Crippen molar-refractivity contribution in [2.24, 2.45) is 5.92 Å². The standard InChI is InChI=1S/C25H31NO5/c1-25(2,3)31-23(27)15-21(14-19-10-6-4-7-11-19)24(28)26-16-22(18-30-26)29-17-20-12-8-5-9-13-20/h4-13,21-22H,14-18H2,1-3H3/t21-,22?/m1/s1. The summed E-state index contributed by atoms with van der Waals surface area (Å²) in [6.45, 7) is 6.56. The zero-order valence-corrected chi connectivity index (χ0v) is 18.5. The summed E-state index contributed by atoms with van der Waals surface area (Å²) < 4.78 is 11.4. The van der Waals surface area contributed by atoms with Gasteiger partial charge in [0, 0.05) is 0 Å². The third-order valence-electron chi connectivity index (χ3n) is 4.87. The number of carbonyl (C=O) groups excluding carboxylic acids is 2. The minimum atomic E-state index is -0.599. The molecule has 1 amide bonds. The van der Waals surface area contributed by atoms with E-state index in [9.17, 15) is 9.59 Å². The minimum Gasteiger partial charge on any atom is -0.460 e. The molecule has 1 aliphatic heterocycles. The number of esters is 1. The van der Waals surface area contributed by atoms with E-state index >= 15 is 0 Å². The van der Waals surface area contributed by atoms with Gasteiger partial charge in [-0.15, -0.1) is 0 Å². The molecule has 0 bridgehead atoms. The fourth-order valence-electron chi connectivity index (χ4n) is 3.44. The molecule has 2 aromatic rings. The molecular formula is C25H31NO5. The van der Waals surface area contributed by atoms with Crippen LogP contribution in [0.1, 0.15) is 38.3 Å². The van der Waals surface area contributed by atoms with Gasteiger partial charge in [0.05, 0.1) is 25.5 Å². The fourth-order valence-corrected chi connectivity index (χ4v) is 3.44. The first-order valence-corrected chi connectivity index (χ1v) is 10.7. The second-order valence-electron chi connectivity index (χ2n) is 8.79. The van der Waals surface area contributed by atoms with Crippen molar-refractivity contribution in [2.75, 3.05) is 13.2 Å². The Labute approximate surface area is 184 Å². The average molecular weight is 426 g/mol. The number of ether oxygens (including phenoxy) is 2. The van der Waals surface area contributed by atoms with Gasteiger partial charge in [-0.25, -0.2) is 5.06 Å². The van der Waals surface area contributed by atoms with Crippen molar-refractivity contribution in [2.45, 2.75) is 51.9 Å². The first kappa shape index (κ1) is 23.0. The summed E-state index contributed by atoms with van der Waals surface area (Å²) in [6, 6.07) is 19.5. The Kier molecular flexibility index (Phi) is 7.82. The molecule has 2 aromatic carbocycles. The summed E-state index contributed by atoms with van der Waals surface area (Å²) in [6.07, 6.45) is 0.234. The summed E-state index contributed by atoms with van der Waals surface area (Å²) in [4.78, 5) is 31.3. The fraction of sp³-hybridized carbons (Fsp3) is 0.440. The molecule has 1 heterocycles. The van der Waals surface area contributed by atoms with Crippen LogP contribution in [-0.2, 0) is 36.9 Å². The Morgan fingerprint density at radius 3 is 2.26 bits per heavy atom. The predicted octanol–water partition coefficient (Wildman–Crippen LogP) is 3.94. The lowest BCUT2D eigenvalue weighted by atomic mass is 9.95. The smallest absolute Gasteiger partial charge is 0.307 e. The summed E-state index contributed by atoms with van der Waals surface area (Å²) in [5.41, 5.74) is 1.46. The van der Waals surface area contributed by atoms with Crippen molar-refractivity contribution >= 4 is 11.9 Å². The summed E-state index contributed by atoms with van der Waals surface area (Å²) in [5.74, 6) is -1.18. The number of hydroxylamine groups is 2. The molecule has 0 saturated carbocycles. The average Bonchev–Trinajstić information content (AvgIpc) is 3.20. The van der Waals surface area contributed by atoms with Crippen molar-refractivity contribution in [1.29, 1.82) is 0 Å². The van der Waals surface area contributed by atoms with E-state index in [2.05, 4.69) is 0 Å². The van der Waals surface area contributed by atoms with Crippen LogP contribution >= 0.6 is 0 Å². The summed E-state index contributed by atoms with van der Waals surface area (Å²) in [5, 5.41) is 1.34. The van der Waals surface area contributed by atoms with E-state index < -0.39 is 17.5 Å². The summed E-state index contributed by atoms with van der Waals surface area (Å²) >= 11 is 0. The lowest BCUT2D eigenvalue weighted by Gasteiger charge is -2.24. The van der Waals surface area contributed by atoms with Gasteiger partial charge >= 0.3 is 5.97 Å². The maximum absolute atomic E-state index is 13.2. The largest absolute Gasteiger partial charge is 0.460 e. The molecule has 6 heteroatoms. The number of amides is 1. The van der Waals surface area contributed by atoms with E-state index in [0.29, 0.717) is 26.2 Å². The molecule has 1 saturated heterocycles. The first-order valence-electron chi connectivity index (χ1n) is 10.7. The van der Waals surface area contributed by atoms with Gasteiger partial charge in [0.15, 0.2) is 0 Å². The Balaban J connectivity index is 1.61. The maximum Gasteiger partial charge on any atom is 0.307 e. The number of nitrogens with zero attached hydrogens (tertiary/aromatic N) is 1. The van der Waals surface area contributed by atoms with Crippen molar-refractivity contribution in [1.82, 2.24) is 5.06 Å². The molecule has 0 aliphatic carbocycles. The SMILES string of the molecule is CC(C)(C)OC(=O)C[C@@H](Cc1ccccc1)C(=O)N1CC(OCc2ccccc2)CO1. The maximum atomic E-state index is 13.2. The number of carbonyl (C=O) groups is 2. The van der Waals surface area contributed by atoms with Crippen LogP contribution in [0.25, 0.3) is 0 Å². The topological polar surface area (TPSA) is 65.1 Å². The molecule has 0 spiro atoms. The van der Waals surface area contributed by atoms with Gasteiger partial charge in [0.1, 0.15) is 18.3 Å². The third-order valence-corrected chi connectivity index (χ3v) is 4.87. The van der Waals surface area contributed by atoms with E-state index in [1.54, 1.807) is 0 Å². The molecule has 0 radical (unpaired) electrons. The number of hydrogen-bond donors (Lipinski definition) is 0. The van der Waals surface area contributed by atoms with Crippen molar-refractivity contribution < 1.29 is 23.9 Å². The van der Waals surface area contributed by atoms with Crippen LogP contribution in [-0.4, -0.2) is 41.8 Å². The molecule has 0 aromatic heterocycles. The van der Waals surface area contributed by atoms with Crippen molar-refractivity contribution in [3.8, 4) is 0 Å². The molecule has 0 N–H and O–H groups in total. The lowest BCUT2D eigenvalue weighted by molar-refractivity contribution is -0.176. The zero-order valence-electron chi connectivity index (χ0n) is 18.5. The molecule has 2 atom stereocenters. The van der Waals surface area contributed by atoms with E-state index in [-0.39, 0.29) is 18.4 Å². The van der Waals surface area contributed by atoms with Gasteiger partial charge in [-0.05, 0) is 38.3 Å². The van der Waals surface area contributed by atoms with Gasteiger partial charge in [-0.2, -0.15) is 0 Å². The lowest BCUT2D eigenvalue weighted by Crippen LogP contribution is -2.37. The predicted molar refractivity (Wildman–Crippen MR) is 117 cm³/mol. The second kappa shape index (κ2) is 10.6. The molecule has 1 fully saturated rings. The zero-order chi connectivity index (χ0) is 22.3. The Morgan fingerprint density at radius 2 is 1.65 bits per heavy atom. The Hall–Kier alpha value is -2.70. The minimum absolute atomic E-state index is 0.000394. The molecular weight excluding hydrogens is 394 g/mol. The Bertz CT molecular complexity index is 847. The molecule has 31 heavy (non-hydrogen) atoms. The molecule has 6 nitrogen and oxygen atoms in total. The quantitative estimate of drug-likeness (QED) is 0.600. The van der Waals surface area contributed by atoms with Crippen LogP contribution in [0.5, 0.6) is 0 Å². The number of benzene rings is 2. The molecule has 1 aliphatic rings. The molecule has 3 rings (SSSR count). The number of hydrogen-bond acceptors (Lipinski definition) is 5. The van der Waals surface area contributed by atoms with Crippen LogP contribution in [0.2, 0.25) is 0 Å². The van der Waals surface area contributed by atoms with Gasteiger partial charge in [-0.3, -0.25) is 14.4 Å². The highest BCUT2D eigenvalue weighted by Gasteiger charge is 2.35. The summed E-state index contributed by atoms with van der Waals surface area (Å²) in [7, 11) is 0. The van der Waals surface area contributed by atoms with Gasteiger partial charge in [0.25, 0.3) is 0 Å². The second-order valence-corrected chi connectivity index (χ2v) is 8.79. The highest BCUT2D eigenvalue weighted by molar-refractivity contribution is 5.83. The van der Waals surface area contributed by atoms with Crippen LogP contribution in [0.15, 0.2) is 60.7 Å². The van der Waals surface area contributed by atoms with Crippen LogP contribution in [0.4, 0.5) is 0 Å². The molecule has 166 valence electrons. The van der Waals surface area contributed by atoms with Gasteiger partial charge in [0.2, 0.25) is 5.91 Å². The van der Waals surface area contributed by atoms with E-state index in [0.717, 1.165) is 11.1 Å². The highest BCUT2D eigenvalue weighted by atomic mass is 16.7. The Morgan fingerprint density at radius 1 is 1.03 bits per heavy atom. The van der Waals surface area contributed by atoms with Crippen LogP contribution in [0, 0.1) is 5.92 Å². The van der Waals surface area contributed by atoms with E-state index in [1.165, 1.54) is 5.06 Å². The first-order chi connectivity index (χ1) is 14.8. The normalized spacial score (nSPS) is 17.4. The highest BCUT2D eigenvalue weighted by Crippen LogP contribution is 2.22. The number of rotatable bonds is 8. The van der Waals surface area contributed by atoms with Gasteiger partial charge in [-0.1, -0.05) is 60.7 Å². The van der Waals surface area contributed by atoms with Crippen LogP contribution < -0.4 is 0 Å².